The van der Waals surface area contributed by atoms with E-state index < -0.39 is 17.1 Å². The summed E-state index contributed by atoms with van der Waals surface area (Å²) in [6.45, 7) is 2.77. The lowest BCUT2D eigenvalue weighted by Gasteiger charge is -2.28. The summed E-state index contributed by atoms with van der Waals surface area (Å²) in [5.41, 5.74) is 0.482. The number of hydrogen-bond donors (Lipinski definition) is 0. The fourth-order valence-electron chi connectivity index (χ4n) is 2.02. The second-order valence-corrected chi connectivity index (χ2v) is 5.64. The van der Waals surface area contributed by atoms with Gasteiger partial charge in [0.05, 0.1) is 11.1 Å². The number of fused-ring (bicyclic) bond motifs is 1. The lowest BCUT2D eigenvalue weighted by Crippen LogP contribution is -2.50. The van der Waals surface area contributed by atoms with Crippen LogP contribution >= 0.6 is 11.8 Å². The molecule has 110 valence electrons. The van der Waals surface area contributed by atoms with E-state index in [2.05, 4.69) is 0 Å². The summed E-state index contributed by atoms with van der Waals surface area (Å²) in [5, 5.41) is 1.18. The molecule has 1 heterocycles. The summed E-state index contributed by atoms with van der Waals surface area (Å²) < 4.78 is 0. The number of hydrazine groups is 1. The van der Waals surface area contributed by atoms with Crippen LogP contribution in [0.2, 0.25) is 0 Å². The van der Waals surface area contributed by atoms with Crippen LogP contribution in [0.15, 0.2) is 24.3 Å². The molecule has 2 rings (SSSR count). The lowest BCUT2D eigenvalue weighted by atomic mass is 10.1. The van der Waals surface area contributed by atoms with Crippen molar-refractivity contribution in [3.8, 4) is 0 Å². The van der Waals surface area contributed by atoms with E-state index in [1.807, 2.05) is 0 Å². The fraction of sp³-hybridized carbons (Fsp3) is 0.286. The minimum Gasteiger partial charge on any atom is -0.298 e. The van der Waals surface area contributed by atoms with E-state index in [1.54, 1.807) is 19.1 Å². The smallest absolute Gasteiger partial charge is 0.298 e. The molecule has 3 amide bonds. The van der Waals surface area contributed by atoms with Crippen molar-refractivity contribution >= 4 is 34.6 Å². The van der Waals surface area contributed by atoms with E-state index in [4.69, 9.17) is 0 Å². The molecule has 1 aromatic carbocycles. The molecular formula is C14H14N2O4S. The Morgan fingerprint density at radius 3 is 2.10 bits per heavy atom. The SMILES string of the molecule is CCSC(=O)N(CC(C)=O)N1C(=O)c2ccccc2C1=O. The molecule has 0 aromatic heterocycles. The van der Waals surface area contributed by atoms with Crippen molar-refractivity contribution in [1.29, 1.82) is 0 Å². The molecule has 0 N–H and O–H groups in total. The van der Waals surface area contributed by atoms with Gasteiger partial charge in [0.15, 0.2) is 5.78 Å². The second kappa shape index (κ2) is 6.09. The van der Waals surface area contributed by atoms with E-state index in [0.717, 1.165) is 21.8 Å². The molecule has 0 bridgehead atoms. The molecule has 7 heteroatoms. The first-order chi connectivity index (χ1) is 9.97. The van der Waals surface area contributed by atoms with E-state index in [-0.39, 0.29) is 23.5 Å². The molecule has 0 atom stereocenters. The molecule has 6 nitrogen and oxygen atoms in total. The van der Waals surface area contributed by atoms with Gasteiger partial charge in [0.1, 0.15) is 6.54 Å². The van der Waals surface area contributed by atoms with Crippen LogP contribution < -0.4 is 0 Å². The highest BCUT2D eigenvalue weighted by Gasteiger charge is 2.41. The van der Waals surface area contributed by atoms with Crippen molar-refractivity contribution in [3.05, 3.63) is 35.4 Å². The first kappa shape index (κ1) is 15.2. The van der Waals surface area contributed by atoms with Gasteiger partial charge < -0.3 is 0 Å². The maximum atomic E-state index is 12.3. The van der Waals surface area contributed by atoms with Crippen molar-refractivity contribution < 1.29 is 19.2 Å². The molecule has 1 aromatic rings. The van der Waals surface area contributed by atoms with Gasteiger partial charge in [-0.25, -0.2) is 5.01 Å². The molecule has 0 saturated heterocycles. The lowest BCUT2D eigenvalue weighted by molar-refractivity contribution is -0.119. The first-order valence-electron chi connectivity index (χ1n) is 6.38. The van der Waals surface area contributed by atoms with Crippen molar-refractivity contribution in [2.24, 2.45) is 0 Å². The Morgan fingerprint density at radius 2 is 1.67 bits per heavy atom. The van der Waals surface area contributed by atoms with Gasteiger partial charge in [-0.3, -0.25) is 19.2 Å². The summed E-state index contributed by atoms with van der Waals surface area (Å²) in [5.74, 6) is -0.989. The third kappa shape index (κ3) is 2.82. The summed E-state index contributed by atoms with van der Waals surface area (Å²) in [4.78, 5) is 48.1. The summed E-state index contributed by atoms with van der Waals surface area (Å²) in [7, 11) is 0. The van der Waals surface area contributed by atoms with Crippen LogP contribution in [-0.4, -0.2) is 45.2 Å². The van der Waals surface area contributed by atoms with E-state index >= 15 is 0 Å². The van der Waals surface area contributed by atoms with Crippen molar-refractivity contribution in [1.82, 2.24) is 10.0 Å². The van der Waals surface area contributed by atoms with E-state index in [1.165, 1.54) is 19.1 Å². The molecular weight excluding hydrogens is 292 g/mol. The molecule has 21 heavy (non-hydrogen) atoms. The number of carbonyl (C=O) groups is 4. The number of ketones is 1. The average Bonchev–Trinajstić information content (AvgIpc) is 2.69. The third-order valence-corrected chi connectivity index (χ3v) is 3.61. The van der Waals surface area contributed by atoms with Crippen LogP contribution in [0.1, 0.15) is 34.6 Å². The zero-order chi connectivity index (χ0) is 15.6. The van der Waals surface area contributed by atoms with E-state index in [0.29, 0.717) is 5.75 Å². The zero-order valence-corrected chi connectivity index (χ0v) is 12.5. The first-order valence-corrected chi connectivity index (χ1v) is 7.37. The Balaban J connectivity index is 2.38. The number of benzene rings is 1. The number of amides is 3. The van der Waals surface area contributed by atoms with Crippen LogP contribution in [0.25, 0.3) is 0 Å². The van der Waals surface area contributed by atoms with Gasteiger partial charge in [-0.05, 0) is 24.8 Å². The van der Waals surface area contributed by atoms with Gasteiger partial charge >= 0.3 is 5.24 Å². The van der Waals surface area contributed by atoms with Gasteiger partial charge in [-0.2, -0.15) is 5.01 Å². The molecule has 0 radical (unpaired) electrons. The number of nitrogens with zero attached hydrogens (tertiary/aromatic N) is 2. The van der Waals surface area contributed by atoms with Crippen LogP contribution in [0, 0.1) is 0 Å². The van der Waals surface area contributed by atoms with Crippen LogP contribution in [0.5, 0.6) is 0 Å². The summed E-state index contributed by atoms with van der Waals surface area (Å²) in [6.07, 6.45) is 0. The van der Waals surface area contributed by atoms with Crippen molar-refractivity contribution in [2.45, 2.75) is 13.8 Å². The number of rotatable bonds is 4. The molecule has 0 spiro atoms. The second-order valence-electron chi connectivity index (χ2n) is 4.43. The van der Waals surface area contributed by atoms with Crippen LogP contribution in [0.3, 0.4) is 0 Å². The minimum atomic E-state index is -0.582. The molecule has 0 fully saturated rings. The highest BCUT2D eigenvalue weighted by Crippen LogP contribution is 2.25. The van der Waals surface area contributed by atoms with Gasteiger partial charge in [-0.1, -0.05) is 30.8 Å². The predicted molar refractivity (Wildman–Crippen MR) is 77.9 cm³/mol. The van der Waals surface area contributed by atoms with Gasteiger partial charge in [-0.15, -0.1) is 0 Å². The number of carbonyl (C=O) groups excluding carboxylic acids is 4. The Labute approximate surface area is 126 Å². The predicted octanol–water partition coefficient (Wildman–Crippen LogP) is 1.96. The van der Waals surface area contributed by atoms with Crippen molar-refractivity contribution in [2.75, 3.05) is 12.3 Å². The third-order valence-electron chi connectivity index (χ3n) is 2.87. The summed E-state index contributed by atoms with van der Waals surface area (Å²) >= 11 is 0.940. The topological polar surface area (TPSA) is 74.8 Å². The minimum absolute atomic E-state index is 0.241. The Kier molecular flexibility index (Phi) is 4.42. The molecule has 0 aliphatic carbocycles. The fourth-order valence-corrected chi connectivity index (χ4v) is 2.56. The number of thioether (sulfide) groups is 1. The van der Waals surface area contributed by atoms with Gasteiger partial charge in [0.2, 0.25) is 0 Å². The molecule has 1 aliphatic heterocycles. The largest absolute Gasteiger partial charge is 0.301 e. The Morgan fingerprint density at radius 1 is 1.14 bits per heavy atom. The molecule has 1 aliphatic rings. The molecule has 0 unspecified atom stereocenters. The molecule has 0 saturated carbocycles. The number of imide groups is 1. The maximum Gasteiger partial charge on any atom is 0.301 e. The standard InChI is InChI=1S/C14H14N2O4S/c1-3-21-14(20)15(8-9(2)17)16-12(18)10-6-4-5-7-11(10)13(16)19/h4-7H,3,8H2,1-2H3. The summed E-state index contributed by atoms with van der Waals surface area (Å²) in [6, 6.07) is 6.34. The van der Waals surface area contributed by atoms with Crippen LogP contribution in [0.4, 0.5) is 4.79 Å². The van der Waals surface area contributed by atoms with Gasteiger partial charge in [0, 0.05) is 0 Å². The zero-order valence-electron chi connectivity index (χ0n) is 11.7. The van der Waals surface area contributed by atoms with E-state index in [9.17, 15) is 19.2 Å². The van der Waals surface area contributed by atoms with Crippen LogP contribution in [-0.2, 0) is 4.79 Å². The van der Waals surface area contributed by atoms with Crippen molar-refractivity contribution in [3.63, 3.8) is 0 Å². The maximum absolute atomic E-state index is 12.3. The highest BCUT2D eigenvalue weighted by molar-refractivity contribution is 8.13. The highest BCUT2D eigenvalue weighted by atomic mass is 32.2. The quantitative estimate of drug-likeness (QED) is 0.795. The number of hydrogen-bond acceptors (Lipinski definition) is 5. The normalized spacial score (nSPS) is 13.3. The Bertz CT molecular complexity index is 594. The monoisotopic (exact) mass is 306 g/mol. The average molecular weight is 306 g/mol. The van der Waals surface area contributed by atoms with Gasteiger partial charge in [0.25, 0.3) is 11.8 Å². The Hall–Kier alpha value is -2.15. The number of Topliss-reactive ketones (excluding diaryl/α,β-unsaturated/α-hetero) is 1.